The molecule has 9 heteroatoms. The Balaban J connectivity index is 1.66. The van der Waals surface area contributed by atoms with E-state index in [1.807, 2.05) is 0 Å². The number of benzene rings is 2. The van der Waals surface area contributed by atoms with Crippen LogP contribution >= 0.6 is 58.0 Å². The van der Waals surface area contributed by atoms with E-state index in [4.69, 9.17) is 67.2 Å². The quantitative estimate of drug-likeness (QED) is 0.428. The van der Waals surface area contributed by atoms with Crippen LogP contribution in [0, 0.1) is 0 Å². The second-order valence-corrected chi connectivity index (χ2v) is 7.40. The molecule has 0 saturated heterocycles. The van der Waals surface area contributed by atoms with Gasteiger partial charge in [-0.25, -0.2) is 0 Å². The first kappa shape index (κ1) is 20.2. The van der Waals surface area contributed by atoms with Gasteiger partial charge in [-0.3, -0.25) is 4.79 Å². The summed E-state index contributed by atoms with van der Waals surface area (Å²) in [5.74, 6) is 0.354. The molecule has 3 rings (SSSR count). The number of carbonyl (C=O) groups excluding carboxylic acids is 1. The Morgan fingerprint density at radius 3 is 2.26 bits per heavy atom. The highest BCUT2D eigenvalue weighted by molar-refractivity contribution is 6.42. The number of carbonyl (C=O) groups is 1. The molecular weight excluding hydrogens is 455 g/mol. The normalized spacial score (nSPS) is 10.7. The van der Waals surface area contributed by atoms with Crippen molar-refractivity contribution in [2.24, 2.45) is 0 Å². The highest BCUT2D eigenvalue weighted by Gasteiger charge is 2.14. The third-order valence-corrected chi connectivity index (χ3v) is 4.90. The zero-order valence-corrected chi connectivity index (χ0v) is 17.1. The predicted molar refractivity (Wildman–Crippen MR) is 109 cm³/mol. The highest BCUT2D eigenvalue weighted by atomic mass is 35.5. The van der Waals surface area contributed by atoms with Crippen LogP contribution in [0.4, 0.5) is 5.69 Å². The summed E-state index contributed by atoms with van der Waals surface area (Å²) in [6.07, 6.45) is 0. The van der Waals surface area contributed by atoms with E-state index >= 15 is 0 Å². The summed E-state index contributed by atoms with van der Waals surface area (Å²) in [5, 5.41) is 4.34. The van der Waals surface area contributed by atoms with Crippen molar-refractivity contribution < 1.29 is 13.9 Å². The molecule has 1 N–H and O–H groups in total. The SMILES string of the molecule is O=C(Nc1ccc(Cl)c(Cl)c1)c1ccc(COc2c(Cl)cc(Cl)cc2Cl)o1. The van der Waals surface area contributed by atoms with Crippen LogP contribution < -0.4 is 10.1 Å². The Morgan fingerprint density at radius 2 is 1.59 bits per heavy atom. The molecule has 0 spiro atoms. The number of hydrogen-bond donors (Lipinski definition) is 1. The lowest BCUT2D eigenvalue weighted by Gasteiger charge is -2.09. The molecule has 0 aliphatic heterocycles. The molecule has 140 valence electrons. The maximum absolute atomic E-state index is 12.3. The fourth-order valence-corrected chi connectivity index (χ4v) is 3.38. The Kier molecular flexibility index (Phi) is 6.45. The monoisotopic (exact) mass is 463 g/mol. The number of hydrogen-bond acceptors (Lipinski definition) is 3. The minimum absolute atomic E-state index is 0.0289. The lowest BCUT2D eigenvalue weighted by atomic mass is 10.3. The van der Waals surface area contributed by atoms with Gasteiger partial charge in [-0.15, -0.1) is 0 Å². The van der Waals surface area contributed by atoms with E-state index in [-0.39, 0.29) is 28.2 Å². The van der Waals surface area contributed by atoms with E-state index in [1.165, 1.54) is 18.2 Å². The summed E-state index contributed by atoms with van der Waals surface area (Å²) < 4.78 is 11.1. The van der Waals surface area contributed by atoms with Crippen molar-refractivity contribution in [2.75, 3.05) is 5.32 Å². The van der Waals surface area contributed by atoms with Gasteiger partial charge in [-0.05, 0) is 42.5 Å². The number of nitrogens with one attached hydrogen (secondary N) is 1. The topological polar surface area (TPSA) is 51.5 Å². The minimum Gasteiger partial charge on any atom is -0.483 e. The third kappa shape index (κ3) is 5.03. The van der Waals surface area contributed by atoms with Gasteiger partial charge in [0.15, 0.2) is 11.5 Å². The van der Waals surface area contributed by atoms with Crippen LogP contribution in [0.25, 0.3) is 0 Å². The van der Waals surface area contributed by atoms with Crippen LogP contribution in [0.2, 0.25) is 25.1 Å². The molecule has 1 heterocycles. The van der Waals surface area contributed by atoms with Crippen LogP contribution in [0.15, 0.2) is 46.9 Å². The molecule has 27 heavy (non-hydrogen) atoms. The van der Waals surface area contributed by atoms with Crippen molar-refractivity contribution in [3.63, 3.8) is 0 Å². The minimum atomic E-state index is -0.442. The first-order chi connectivity index (χ1) is 12.8. The zero-order chi connectivity index (χ0) is 19.6. The molecule has 0 aliphatic rings. The molecule has 1 aromatic heterocycles. The van der Waals surface area contributed by atoms with E-state index in [0.29, 0.717) is 26.5 Å². The number of furan rings is 1. The molecule has 0 radical (unpaired) electrons. The van der Waals surface area contributed by atoms with Crippen molar-refractivity contribution >= 4 is 69.6 Å². The highest BCUT2D eigenvalue weighted by Crippen LogP contribution is 2.36. The van der Waals surface area contributed by atoms with Crippen LogP contribution in [0.3, 0.4) is 0 Å². The van der Waals surface area contributed by atoms with Gasteiger partial charge in [0, 0.05) is 10.7 Å². The first-order valence-electron chi connectivity index (χ1n) is 7.46. The zero-order valence-electron chi connectivity index (χ0n) is 13.4. The predicted octanol–water partition coefficient (Wildman–Crippen LogP) is 7.38. The summed E-state index contributed by atoms with van der Waals surface area (Å²) in [5.41, 5.74) is 0.489. The molecule has 0 fully saturated rings. The standard InChI is InChI=1S/C18H10Cl5NO3/c19-9-5-14(22)17(15(23)6-9)26-8-11-2-4-16(27-11)18(25)24-10-1-3-12(20)13(21)7-10/h1-7H,8H2,(H,24,25). The van der Waals surface area contributed by atoms with Gasteiger partial charge in [0.05, 0.1) is 20.1 Å². The molecule has 0 atom stereocenters. The van der Waals surface area contributed by atoms with Gasteiger partial charge in [-0.1, -0.05) is 58.0 Å². The largest absolute Gasteiger partial charge is 0.483 e. The van der Waals surface area contributed by atoms with Crippen molar-refractivity contribution in [1.82, 2.24) is 0 Å². The van der Waals surface area contributed by atoms with E-state index in [0.717, 1.165) is 0 Å². The number of halogens is 5. The molecule has 0 unspecified atom stereocenters. The Labute approximate surface area is 179 Å². The van der Waals surface area contributed by atoms with Gasteiger partial charge in [0.25, 0.3) is 5.91 Å². The van der Waals surface area contributed by atoms with E-state index in [9.17, 15) is 4.79 Å². The summed E-state index contributed by atoms with van der Waals surface area (Å²) in [6.45, 7) is 0.0289. The Bertz CT molecular complexity index is 979. The van der Waals surface area contributed by atoms with Crippen molar-refractivity contribution in [2.45, 2.75) is 6.61 Å². The lowest BCUT2D eigenvalue weighted by Crippen LogP contribution is -2.10. The number of anilines is 1. The Morgan fingerprint density at radius 1 is 0.889 bits per heavy atom. The van der Waals surface area contributed by atoms with Crippen LogP contribution in [-0.4, -0.2) is 5.91 Å². The lowest BCUT2D eigenvalue weighted by molar-refractivity contribution is 0.0992. The summed E-state index contributed by atoms with van der Waals surface area (Å²) >= 11 is 29.8. The Hall–Kier alpha value is -1.56. The van der Waals surface area contributed by atoms with Gasteiger partial charge < -0.3 is 14.5 Å². The van der Waals surface area contributed by atoms with Crippen LogP contribution in [-0.2, 0) is 6.61 Å². The van der Waals surface area contributed by atoms with Gasteiger partial charge in [-0.2, -0.15) is 0 Å². The van der Waals surface area contributed by atoms with Crippen LogP contribution in [0.5, 0.6) is 5.75 Å². The molecule has 4 nitrogen and oxygen atoms in total. The van der Waals surface area contributed by atoms with E-state index in [1.54, 1.807) is 24.3 Å². The second kappa shape index (κ2) is 8.63. The number of rotatable bonds is 5. The fourth-order valence-electron chi connectivity index (χ4n) is 2.15. The molecule has 1 amide bonds. The fraction of sp³-hybridized carbons (Fsp3) is 0.0556. The van der Waals surface area contributed by atoms with Crippen molar-refractivity contribution in [3.8, 4) is 5.75 Å². The van der Waals surface area contributed by atoms with E-state index < -0.39 is 5.91 Å². The molecule has 3 aromatic rings. The smallest absolute Gasteiger partial charge is 0.291 e. The summed E-state index contributed by atoms with van der Waals surface area (Å²) in [4.78, 5) is 12.3. The molecular formula is C18H10Cl5NO3. The number of amides is 1. The maximum Gasteiger partial charge on any atom is 0.291 e. The van der Waals surface area contributed by atoms with Crippen LogP contribution in [0.1, 0.15) is 16.3 Å². The van der Waals surface area contributed by atoms with Gasteiger partial charge in [0.2, 0.25) is 0 Å². The summed E-state index contributed by atoms with van der Waals surface area (Å²) in [7, 11) is 0. The average Bonchev–Trinajstić information content (AvgIpc) is 3.06. The maximum atomic E-state index is 12.3. The first-order valence-corrected chi connectivity index (χ1v) is 9.35. The molecule has 0 aliphatic carbocycles. The van der Waals surface area contributed by atoms with Crippen molar-refractivity contribution in [3.05, 3.63) is 79.1 Å². The van der Waals surface area contributed by atoms with Gasteiger partial charge in [0.1, 0.15) is 12.4 Å². The number of ether oxygens (including phenoxy) is 1. The molecule has 0 bridgehead atoms. The van der Waals surface area contributed by atoms with E-state index in [2.05, 4.69) is 5.32 Å². The van der Waals surface area contributed by atoms with Crippen molar-refractivity contribution in [1.29, 1.82) is 0 Å². The average molecular weight is 466 g/mol. The molecule has 0 saturated carbocycles. The third-order valence-electron chi connectivity index (χ3n) is 3.38. The van der Waals surface area contributed by atoms with Gasteiger partial charge >= 0.3 is 0 Å². The summed E-state index contributed by atoms with van der Waals surface area (Å²) in [6, 6.07) is 10.9. The molecule has 2 aromatic carbocycles. The second-order valence-electron chi connectivity index (χ2n) is 5.34.